The van der Waals surface area contributed by atoms with Crippen molar-refractivity contribution in [2.24, 2.45) is 5.92 Å². The van der Waals surface area contributed by atoms with Crippen molar-refractivity contribution in [1.82, 2.24) is 9.80 Å². The van der Waals surface area contributed by atoms with Gasteiger partial charge in [0, 0.05) is 32.6 Å². The molecule has 0 aromatic heterocycles. The van der Waals surface area contributed by atoms with Crippen molar-refractivity contribution in [1.29, 1.82) is 0 Å². The summed E-state index contributed by atoms with van der Waals surface area (Å²) >= 11 is 0. The number of carbonyl (C=O) groups excluding carboxylic acids is 2. The molecule has 0 spiro atoms. The van der Waals surface area contributed by atoms with Crippen molar-refractivity contribution >= 4 is 11.9 Å². The highest BCUT2D eigenvalue weighted by molar-refractivity contribution is 5.85. The predicted molar refractivity (Wildman–Crippen MR) is 91.6 cm³/mol. The normalized spacial score (nSPS) is 25.2. The Morgan fingerprint density at radius 1 is 1.29 bits per heavy atom. The summed E-state index contributed by atoms with van der Waals surface area (Å²) in [6.45, 7) is 10.8. The molecule has 2 saturated heterocycles. The first-order valence-corrected chi connectivity index (χ1v) is 9.31. The number of morpholine rings is 1. The van der Waals surface area contributed by atoms with E-state index >= 15 is 0 Å². The lowest BCUT2D eigenvalue weighted by molar-refractivity contribution is -0.159. The zero-order valence-corrected chi connectivity index (χ0v) is 15.3. The molecule has 24 heavy (non-hydrogen) atoms. The van der Waals surface area contributed by atoms with Crippen LogP contribution in [-0.2, 0) is 19.1 Å². The number of carbonyl (C=O) groups is 2. The Hall–Kier alpha value is -1.14. The van der Waals surface area contributed by atoms with Gasteiger partial charge in [-0.05, 0) is 25.2 Å². The standard InChI is InChI=1S/C18H32N2O4/c1-4-6-17(21)20-8-5-7-16(20)18(22)24-13-15-12-19(9-10-23-15)11-14(2)3/h14-16H,4-13H2,1-3H3/t15-,16-/m0/s1. The third-order valence-electron chi connectivity index (χ3n) is 4.57. The molecule has 1 amide bonds. The maximum absolute atomic E-state index is 12.4. The number of esters is 1. The second-order valence-corrected chi connectivity index (χ2v) is 7.27. The van der Waals surface area contributed by atoms with Crippen molar-refractivity contribution in [3.05, 3.63) is 0 Å². The van der Waals surface area contributed by atoms with Crippen LogP contribution in [0.1, 0.15) is 46.5 Å². The Balaban J connectivity index is 1.78. The number of nitrogens with zero attached hydrogens (tertiary/aromatic N) is 2. The fourth-order valence-corrected chi connectivity index (χ4v) is 3.50. The number of hydrogen-bond acceptors (Lipinski definition) is 5. The number of rotatable bonds is 7. The first-order valence-electron chi connectivity index (χ1n) is 9.31. The zero-order valence-electron chi connectivity index (χ0n) is 15.3. The Morgan fingerprint density at radius 2 is 2.08 bits per heavy atom. The van der Waals surface area contributed by atoms with Gasteiger partial charge in [-0.1, -0.05) is 20.8 Å². The van der Waals surface area contributed by atoms with E-state index in [4.69, 9.17) is 9.47 Å². The van der Waals surface area contributed by atoms with Gasteiger partial charge in [0.15, 0.2) is 0 Å². The Labute approximate surface area is 145 Å². The van der Waals surface area contributed by atoms with Crippen molar-refractivity contribution < 1.29 is 19.1 Å². The quantitative estimate of drug-likeness (QED) is 0.660. The first kappa shape index (κ1) is 19.2. The van der Waals surface area contributed by atoms with E-state index in [9.17, 15) is 9.59 Å². The number of hydrogen-bond donors (Lipinski definition) is 0. The van der Waals surface area contributed by atoms with E-state index in [1.54, 1.807) is 4.90 Å². The molecule has 2 fully saturated rings. The first-order chi connectivity index (χ1) is 11.5. The lowest BCUT2D eigenvalue weighted by Crippen LogP contribution is -2.47. The van der Waals surface area contributed by atoms with Crippen LogP contribution in [0.5, 0.6) is 0 Å². The molecule has 2 atom stereocenters. The SMILES string of the molecule is CCCC(=O)N1CCC[C@H]1C(=O)OC[C@@H]1CN(CC(C)C)CCO1. The second kappa shape index (κ2) is 9.37. The average Bonchev–Trinajstić information content (AvgIpc) is 3.02. The summed E-state index contributed by atoms with van der Waals surface area (Å²) < 4.78 is 11.2. The minimum atomic E-state index is -0.403. The van der Waals surface area contributed by atoms with Gasteiger partial charge in [-0.25, -0.2) is 4.79 Å². The van der Waals surface area contributed by atoms with Crippen molar-refractivity contribution in [2.75, 3.05) is 39.4 Å². The van der Waals surface area contributed by atoms with Crippen LogP contribution in [0.25, 0.3) is 0 Å². The van der Waals surface area contributed by atoms with Crippen LogP contribution < -0.4 is 0 Å². The van der Waals surface area contributed by atoms with Crippen LogP contribution in [0, 0.1) is 5.92 Å². The third-order valence-corrected chi connectivity index (χ3v) is 4.57. The van der Waals surface area contributed by atoms with E-state index in [-0.39, 0.29) is 24.6 Å². The smallest absolute Gasteiger partial charge is 0.328 e. The molecule has 2 heterocycles. The average molecular weight is 340 g/mol. The molecule has 2 aliphatic rings. The highest BCUT2D eigenvalue weighted by atomic mass is 16.6. The van der Waals surface area contributed by atoms with Gasteiger partial charge < -0.3 is 14.4 Å². The second-order valence-electron chi connectivity index (χ2n) is 7.27. The molecule has 0 saturated carbocycles. The fourth-order valence-electron chi connectivity index (χ4n) is 3.50. The Bertz CT molecular complexity index is 427. The van der Waals surface area contributed by atoms with Crippen molar-refractivity contribution in [3.63, 3.8) is 0 Å². The molecular formula is C18H32N2O4. The van der Waals surface area contributed by atoms with E-state index in [0.717, 1.165) is 32.5 Å². The summed E-state index contributed by atoms with van der Waals surface area (Å²) in [6, 6.07) is -0.403. The summed E-state index contributed by atoms with van der Waals surface area (Å²) in [4.78, 5) is 28.5. The van der Waals surface area contributed by atoms with Gasteiger partial charge in [0.05, 0.1) is 6.61 Å². The Kier molecular flexibility index (Phi) is 7.49. The fraction of sp³-hybridized carbons (Fsp3) is 0.889. The number of likely N-dealkylation sites (tertiary alicyclic amines) is 1. The highest BCUT2D eigenvalue weighted by Gasteiger charge is 2.35. The molecule has 0 aromatic carbocycles. The molecule has 6 heteroatoms. The largest absolute Gasteiger partial charge is 0.461 e. The maximum atomic E-state index is 12.4. The van der Waals surface area contributed by atoms with Gasteiger partial charge in [-0.3, -0.25) is 9.69 Å². The molecule has 138 valence electrons. The van der Waals surface area contributed by atoms with Gasteiger partial charge in [0.25, 0.3) is 0 Å². The summed E-state index contributed by atoms with van der Waals surface area (Å²) in [5, 5.41) is 0. The highest BCUT2D eigenvalue weighted by Crippen LogP contribution is 2.20. The minimum Gasteiger partial charge on any atom is -0.461 e. The lowest BCUT2D eigenvalue weighted by atomic mass is 10.2. The van der Waals surface area contributed by atoms with E-state index in [1.165, 1.54) is 0 Å². The van der Waals surface area contributed by atoms with Gasteiger partial charge in [0.1, 0.15) is 18.8 Å². The summed E-state index contributed by atoms with van der Waals surface area (Å²) in [7, 11) is 0. The van der Waals surface area contributed by atoms with Gasteiger partial charge in [-0.15, -0.1) is 0 Å². The molecular weight excluding hydrogens is 308 g/mol. The molecule has 0 radical (unpaired) electrons. The van der Waals surface area contributed by atoms with Crippen molar-refractivity contribution in [3.8, 4) is 0 Å². The van der Waals surface area contributed by atoms with Crippen LogP contribution in [-0.4, -0.2) is 73.2 Å². The predicted octanol–water partition coefficient (Wildman–Crippen LogP) is 1.68. The molecule has 6 nitrogen and oxygen atoms in total. The van der Waals surface area contributed by atoms with Crippen LogP contribution in [0.3, 0.4) is 0 Å². The maximum Gasteiger partial charge on any atom is 0.328 e. The van der Waals surface area contributed by atoms with Crippen LogP contribution in [0.4, 0.5) is 0 Å². The Morgan fingerprint density at radius 3 is 2.79 bits per heavy atom. The molecule has 2 aliphatic heterocycles. The van der Waals surface area contributed by atoms with E-state index < -0.39 is 6.04 Å². The topological polar surface area (TPSA) is 59.1 Å². The third kappa shape index (κ3) is 5.45. The number of amides is 1. The van der Waals surface area contributed by atoms with Gasteiger partial charge in [0.2, 0.25) is 5.91 Å². The van der Waals surface area contributed by atoms with Crippen LogP contribution >= 0.6 is 0 Å². The number of ether oxygens (including phenoxy) is 2. The molecule has 0 aliphatic carbocycles. The van der Waals surface area contributed by atoms with Crippen molar-refractivity contribution in [2.45, 2.75) is 58.6 Å². The molecule has 0 bridgehead atoms. The van der Waals surface area contributed by atoms with Gasteiger partial charge in [-0.2, -0.15) is 0 Å². The summed E-state index contributed by atoms with van der Waals surface area (Å²) in [5.74, 6) is 0.401. The molecule has 2 rings (SSSR count). The summed E-state index contributed by atoms with van der Waals surface area (Å²) in [5.41, 5.74) is 0. The molecule has 0 unspecified atom stereocenters. The summed E-state index contributed by atoms with van der Waals surface area (Å²) in [6.07, 6.45) is 2.82. The van der Waals surface area contributed by atoms with E-state index in [2.05, 4.69) is 18.7 Å². The van der Waals surface area contributed by atoms with Gasteiger partial charge >= 0.3 is 5.97 Å². The zero-order chi connectivity index (χ0) is 17.5. The minimum absolute atomic E-state index is 0.0639. The van der Waals surface area contributed by atoms with Crippen LogP contribution in [0.2, 0.25) is 0 Å². The molecule has 0 N–H and O–H groups in total. The van der Waals surface area contributed by atoms with E-state index in [1.807, 2.05) is 6.92 Å². The van der Waals surface area contributed by atoms with E-state index in [0.29, 0.717) is 31.9 Å². The molecule has 0 aromatic rings. The lowest BCUT2D eigenvalue weighted by Gasteiger charge is -2.33. The van der Waals surface area contributed by atoms with Crippen LogP contribution in [0.15, 0.2) is 0 Å². The monoisotopic (exact) mass is 340 g/mol.